The summed E-state index contributed by atoms with van der Waals surface area (Å²) in [6.45, 7) is 2.50. The fourth-order valence-corrected chi connectivity index (χ4v) is 4.69. The number of amides is 1. The molecule has 0 unspecified atom stereocenters. The SMILES string of the molecule is CC[C@H](C(=O)Nc1ccc(N2CCCS2(=O)=O)cc1)c1ccccc1. The summed E-state index contributed by atoms with van der Waals surface area (Å²) in [7, 11) is -3.18. The largest absolute Gasteiger partial charge is 0.326 e. The van der Waals surface area contributed by atoms with Gasteiger partial charge in [-0.3, -0.25) is 9.10 Å². The van der Waals surface area contributed by atoms with Gasteiger partial charge in [0.05, 0.1) is 17.4 Å². The van der Waals surface area contributed by atoms with Crippen molar-refractivity contribution in [3.63, 3.8) is 0 Å². The lowest BCUT2D eigenvalue weighted by Gasteiger charge is -2.18. The molecule has 3 rings (SSSR count). The van der Waals surface area contributed by atoms with Crippen LogP contribution in [-0.4, -0.2) is 26.6 Å². The minimum Gasteiger partial charge on any atom is -0.326 e. The number of carbonyl (C=O) groups is 1. The van der Waals surface area contributed by atoms with Crippen molar-refractivity contribution in [3.8, 4) is 0 Å². The van der Waals surface area contributed by atoms with Crippen LogP contribution in [0.15, 0.2) is 54.6 Å². The van der Waals surface area contributed by atoms with Gasteiger partial charge in [0.1, 0.15) is 0 Å². The molecule has 0 bridgehead atoms. The lowest BCUT2D eigenvalue weighted by Crippen LogP contribution is -2.25. The molecule has 132 valence electrons. The molecule has 1 atom stereocenters. The quantitative estimate of drug-likeness (QED) is 0.891. The lowest BCUT2D eigenvalue weighted by molar-refractivity contribution is -0.117. The molecular weight excluding hydrogens is 336 g/mol. The van der Waals surface area contributed by atoms with Crippen molar-refractivity contribution in [1.29, 1.82) is 0 Å². The number of rotatable bonds is 5. The van der Waals surface area contributed by atoms with Crippen molar-refractivity contribution < 1.29 is 13.2 Å². The first kappa shape index (κ1) is 17.5. The molecule has 0 aromatic heterocycles. The Morgan fingerprint density at radius 1 is 1.12 bits per heavy atom. The van der Waals surface area contributed by atoms with Crippen LogP contribution < -0.4 is 9.62 Å². The molecule has 1 saturated heterocycles. The smallest absolute Gasteiger partial charge is 0.235 e. The van der Waals surface area contributed by atoms with Crippen LogP contribution >= 0.6 is 0 Å². The average molecular weight is 358 g/mol. The van der Waals surface area contributed by atoms with Gasteiger partial charge in [-0.25, -0.2) is 8.42 Å². The monoisotopic (exact) mass is 358 g/mol. The minimum absolute atomic E-state index is 0.0600. The Kier molecular flexibility index (Phi) is 5.08. The van der Waals surface area contributed by atoms with Gasteiger partial charge >= 0.3 is 0 Å². The molecule has 1 N–H and O–H groups in total. The zero-order valence-electron chi connectivity index (χ0n) is 14.2. The van der Waals surface area contributed by atoms with Crippen molar-refractivity contribution in [2.45, 2.75) is 25.7 Å². The zero-order valence-corrected chi connectivity index (χ0v) is 15.0. The van der Waals surface area contributed by atoms with Crippen molar-refractivity contribution in [3.05, 3.63) is 60.2 Å². The zero-order chi connectivity index (χ0) is 17.9. The number of benzene rings is 2. The molecule has 1 heterocycles. The topological polar surface area (TPSA) is 66.5 Å². The second-order valence-electron chi connectivity index (χ2n) is 6.15. The second kappa shape index (κ2) is 7.27. The van der Waals surface area contributed by atoms with Crippen molar-refractivity contribution in [2.24, 2.45) is 0 Å². The predicted octanol–water partition coefficient (Wildman–Crippen LogP) is 3.36. The number of carbonyl (C=O) groups excluding carboxylic acids is 1. The first-order valence-corrected chi connectivity index (χ1v) is 10.1. The van der Waals surface area contributed by atoms with E-state index in [1.165, 1.54) is 4.31 Å². The Morgan fingerprint density at radius 3 is 2.36 bits per heavy atom. The highest BCUT2D eigenvalue weighted by Gasteiger charge is 2.28. The van der Waals surface area contributed by atoms with Crippen molar-refractivity contribution in [1.82, 2.24) is 0 Å². The third-order valence-electron chi connectivity index (χ3n) is 4.45. The third kappa shape index (κ3) is 3.85. The maximum Gasteiger partial charge on any atom is 0.235 e. The number of hydrogen-bond donors (Lipinski definition) is 1. The molecule has 1 aliphatic rings. The van der Waals surface area contributed by atoms with Crippen LogP contribution in [0.2, 0.25) is 0 Å². The summed E-state index contributed by atoms with van der Waals surface area (Å²) in [5.41, 5.74) is 2.30. The molecule has 0 saturated carbocycles. The van der Waals surface area contributed by atoms with Gasteiger partial charge in [0, 0.05) is 12.2 Å². The van der Waals surface area contributed by atoms with Gasteiger partial charge in [-0.05, 0) is 42.7 Å². The van der Waals surface area contributed by atoms with E-state index in [0.717, 1.165) is 5.56 Å². The van der Waals surface area contributed by atoms with Crippen molar-refractivity contribution >= 4 is 27.3 Å². The first-order chi connectivity index (χ1) is 12.0. The van der Waals surface area contributed by atoms with Crippen LogP contribution in [0.5, 0.6) is 0 Å². The summed E-state index contributed by atoms with van der Waals surface area (Å²) in [5.74, 6) is -0.0733. The van der Waals surface area contributed by atoms with Gasteiger partial charge in [-0.1, -0.05) is 37.3 Å². The van der Waals surface area contributed by atoms with Crippen LogP contribution in [0.1, 0.15) is 31.2 Å². The summed E-state index contributed by atoms with van der Waals surface area (Å²) in [5, 5.41) is 2.92. The van der Waals surface area contributed by atoms with Crippen molar-refractivity contribution in [2.75, 3.05) is 21.9 Å². The van der Waals surface area contributed by atoms with Gasteiger partial charge in [0.2, 0.25) is 15.9 Å². The molecule has 2 aromatic carbocycles. The Balaban J connectivity index is 1.72. The number of nitrogens with zero attached hydrogens (tertiary/aromatic N) is 1. The fraction of sp³-hybridized carbons (Fsp3) is 0.316. The van der Waals surface area contributed by atoms with Gasteiger partial charge in [-0.2, -0.15) is 0 Å². The van der Waals surface area contributed by atoms with E-state index in [-0.39, 0.29) is 17.6 Å². The van der Waals surface area contributed by atoms with E-state index >= 15 is 0 Å². The van der Waals surface area contributed by atoms with Crippen LogP contribution in [0.3, 0.4) is 0 Å². The Morgan fingerprint density at radius 2 is 1.80 bits per heavy atom. The Labute approximate surface area is 148 Å². The average Bonchev–Trinajstić information content (AvgIpc) is 2.96. The minimum atomic E-state index is -3.18. The molecule has 25 heavy (non-hydrogen) atoms. The van der Waals surface area contributed by atoms with E-state index in [9.17, 15) is 13.2 Å². The molecule has 1 amide bonds. The third-order valence-corrected chi connectivity index (χ3v) is 6.32. The molecule has 0 aliphatic carbocycles. The molecule has 0 radical (unpaired) electrons. The Hall–Kier alpha value is -2.34. The molecular formula is C19H22N2O3S. The normalized spacial score (nSPS) is 17.2. The lowest BCUT2D eigenvalue weighted by atomic mass is 9.95. The van der Waals surface area contributed by atoms with E-state index in [1.54, 1.807) is 24.3 Å². The Bertz CT molecular complexity index is 833. The molecule has 1 aliphatic heterocycles. The van der Waals surface area contributed by atoms with Gasteiger partial charge < -0.3 is 5.32 Å². The number of anilines is 2. The first-order valence-electron chi connectivity index (χ1n) is 8.47. The molecule has 2 aromatic rings. The van der Waals surface area contributed by atoms with E-state index in [4.69, 9.17) is 0 Å². The van der Waals surface area contributed by atoms with E-state index in [2.05, 4.69) is 5.32 Å². The van der Waals surface area contributed by atoms with Crippen LogP contribution in [0.4, 0.5) is 11.4 Å². The number of nitrogens with one attached hydrogen (secondary N) is 1. The summed E-state index contributed by atoms with van der Waals surface area (Å²) in [6.07, 6.45) is 1.36. The van der Waals surface area contributed by atoms with Gasteiger partial charge in [0.25, 0.3) is 0 Å². The van der Waals surface area contributed by atoms with Gasteiger partial charge in [-0.15, -0.1) is 0 Å². The highest BCUT2D eigenvalue weighted by molar-refractivity contribution is 7.93. The number of sulfonamides is 1. The van der Waals surface area contributed by atoms with Gasteiger partial charge in [0.15, 0.2) is 0 Å². The molecule has 0 spiro atoms. The molecule has 5 nitrogen and oxygen atoms in total. The highest BCUT2D eigenvalue weighted by Crippen LogP contribution is 2.26. The molecule has 6 heteroatoms. The standard InChI is InChI=1S/C19H22N2O3S/c1-2-18(15-7-4-3-5-8-15)19(22)20-16-9-11-17(12-10-16)21-13-6-14-25(21,23)24/h3-5,7-12,18H,2,6,13-14H2,1H3,(H,20,22)/t18-/m0/s1. The van der Waals surface area contributed by atoms with Crippen LogP contribution in [-0.2, 0) is 14.8 Å². The van der Waals surface area contributed by atoms with Crippen LogP contribution in [0, 0.1) is 0 Å². The van der Waals surface area contributed by atoms with E-state index in [0.29, 0.717) is 30.8 Å². The highest BCUT2D eigenvalue weighted by atomic mass is 32.2. The summed E-state index contributed by atoms with van der Waals surface area (Å²) >= 11 is 0. The maximum absolute atomic E-state index is 12.6. The van der Waals surface area contributed by atoms with E-state index in [1.807, 2.05) is 37.3 Å². The molecule has 1 fully saturated rings. The predicted molar refractivity (Wildman–Crippen MR) is 100 cm³/mol. The van der Waals surface area contributed by atoms with E-state index < -0.39 is 10.0 Å². The summed E-state index contributed by atoms with van der Waals surface area (Å²) in [6, 6.07) is 16.7. The van der Waals surface area contributed by atoms with Crippen LogP contribution in [0.25, 0.3) is 0 Å². The summed E-state index contributed by atoms with van der Waals surface area (Å²) in [4.78, 5) is 12.6. The maximum atomic E-state index is 12.6. The number of hydrogen-bond acceptors (Lipinski definition) is 3. The second-order valence-corrected chi connectivity index (χ2v) is 8.16. The fourth-order valence-electron chi connectivity index (χ4n) is 3.13. The summed E-state index contributed by atoms with van der Waals surface area (Å²) < 4.78 is 25.4.